The second kappa shape index (κ2) is 10.0. The number of fused-ring (bicyclic) bond motifs is 3. The summed E-state index contributed by atoms with van der Waals surface area (Å²) in [7, 11) is 0. The lowest BCUT2D eigenvalue weighted by Gasteiger charge is -2.51. The molecule has 2 aromatic rings. The third-order valence-electron chi connectivity index (χ3n) is 8.83. The lowest BCUT2D eigenvalue weighted by atomic mass is 9.77. The van der Waals surface area contributed by atoms with Crippen LogP contribution in [0.4, 0.5) is 8.78 Å². The van der Waals surface area contributed by atoms with Crippen molar-refractivity contribution in [3.8, 4) is 5.75 Å². The van der Waals surface area contributed by atoms with Gasteiger partial charge in [0.25, 0.3) is 6.43 Å². The number of nitrogens with zero attached hydrogens (tertiary/aromatic N) is 1. The Kier molecular flexibility index (Phi) is 7.02. The van der Waals surface area contributed by atoms with Crippen LogP contribution in [-0.4, -0.2) is 34.2 Å². The molecule has 0 spiro atoms. The van der Waals surface area contributed by atoms with Crippen LogP contribution in [0.2, 0.25) is 0 Å². The molecule has 1 saturated carbocycles. The first-order valence-corrected chi connectivity index (χ1v) is 13.3. The van der Waals surface area contributed by atoms with Crippen LogP contribution in [0.25, 0.3) is 10.8 Å². The zero-order valence-corrected chi connectivity index (χ0v) is 20.8. The zero-order chi connectivity index (χ0) is 24.7. The number of piperidine rings is 2. The van der Waals surface area contributed by atoms with Crippen molar-refractivity contribution in [1.29, 1.82) is 0 Å². The molecule has 190 valence electrons. The minimum absolute atomic E-state index is 0.000494. The second-order valence-corrected chi connectivity index (χ2v) is 11.1. The van der Waals surface area contributed by atoms with E-state index in [0.29, 0.717) is 29.9 Å². The molecular formula is C29H37F2NO3. The molecule has 0 aromatic heterocycles. The molecule has 2 saturated heterocycles. The molecule has 5 rings (SSSR count). The molecule has 2 aromatic carbocycles. The maximum atomic E-state index is 14.2. The average Bonchev–Trinajstić information content (AvgIpc) is 2.83. The molecule has 35 heavy (non-hydrogen) atoms. The average molecular weight is 486 g/mol. The first-order chi connectivity index (χ1) is 16.8. The van der Waals surface area contributed by atoms with Crippen molar-refractivity contribution in [2.75, 3.05) is 0 Å². The van der Waals surface area contributed by atoms with Gasteiger partial charge in [-0.05, 0) is 92.7 Å². The monoisotopic (exact) mass is 485 g/mol. The highest BCUT2D eigenvalue weighted by Crippen LogP contribution is 2.43. The summed E-state index contributed by atoms with van der Waals surface area (Å²) in [5.74, 6) is 0.0546. The Hall–Kier alpha value is -2.21. The van der Waals surface area contributed by atoms with Crippen LogP contribution in [0.15, 0.2) is 30.3 Å². The van der Waals surface area contributed by atoms with Crippen molar-refractivity contribution in [2.24, 2.45) is 11.8 Å². The third-order valence-corrected chi connectivity index (χ3v) is 8.83. The molecule has 6 heteroatoms. The molecule has 1 N–H and O–H groups in total. The van der Waals surface area contributed by atoms with Gasteiger partial charge < -0.3 is 9.84 Å². The molecule has 2 bridgehead atoms. The fourth-order valence-corrected chi connectivity index (χ4v) is 6.89. The molecule has 3 atom stereocenters. The van der Waals surface area contributed by atoms with E-state index in [4.69, 9.17) is 4.74 Å². The lowest BCUT2D eigenvalue weighted by Crippen LogP contribution is -2.53. The summed E-state index contributed by atoms with van der Waals surface area (Å²) in [4.78, 5) is 14.1. The third kappa shape index (κ3) is 4.91. The fraction of sp³-hybridized carbons (Fsp3) is 0.621. The van der Waals surface area contributed by atoms with Crippen molar-refractivity contribution in [2.45, 2.75) is 102 Å². The molecule has 0 amide bonds. The molecule has 1 aliphatic carbocycles. The van der Waals surface area contributed by atoms with Crippen molar-refractivity contribution < 1.29 is 23.4 Å². The summed E-state index contributed by atoms with van der Waals surface area (Å²) in [5.41, 5.74) is 1.10. The molecular weight excluding hydrogens is 448 g/mol. The van der Waals surface area contributed by atoms with Gasteiger partial charge in [-0.2, -0.15) is 0 Å². The van der Waals surface area contributed by atoms with Gasteiger partial charge in [0.1, 0.15) is 5.75 Å². The van der Waals surface area contributed by atoms with Crippen LogP contribution in [-0.2, 0) is 4.79 Å². The summed E-state index contributed by atoms with van der Waals surface area (Å²) >= 11 is 0. The summed E-state index contributed by atoms with van der Waals surface area (Å²) < 4.78 is 34.6. The Bertz CT molecular complexity index is 1050. The van der Waals surface area contributed by atoms with Crippen LogP contribution in [0.1, 0.15) is 95.2 Å². The number of hydrogen-bond donors (Lipinski definition) is 1. The van der Waals surface area contributed by atoms with Crippen molar-refractivity contribution in [3.05, 3.63) is 41.5 Å². The van der Waals surface area contributed by atoms with Crippen LogP contribution in [0.3, 0.4) is 0 Å². The van der Waals surface area contributed by atoms with Gasteiger partial charge in [0, 0.05) is 18.1 Å². The number of benzene rings is 2. The summed E-state index contributed by atoms with van der Waals surface area (Å²) in [6.07, 6.45) is 5.97. The van der Waals surface area contributed by atoms with E-state index < -0.39 is 12.4 Å². The number of halogens is 2. The molecule has 3 unspecified atom stereocenters. The fourth-order valence-electron chi connectivity index (χ4n) is 6.89. The number of carboxylic acids is 1. The highest BCUT2D eigenvalue weighted by Gasteiger charge is 2.42. The van der Waals surface area contributed by atoms with E-state index in [0.717, 1.165) is 55.9 Å². The SMILES string of the molecule is CC1CCC(Oc2ccc3cc(C(C)N4C5CCCC4CC(C(=O)O)C5)ccc3c2C(F)F)CC1. The van der Waals surface area contributed by atoms with E-state index in [1.54, 1.807) is 6.07 Å². The number of hydrogen-bond acceptors (Lipinski definition) is 3. The molecule has 3 fully saturated rings. The smallest absolute Gasteiger partial charge is 0.306 e. The molecule has 2 aliphatic heterocycles. The molecule has 2 heterocycles. The van der Waals surface area contributed by atoms with Gasteiger partial charge in [-0.3, -0.25) is 9.69 Å². The van der Waals surface area contributed by atoms with E-state index in [1.807, 2.05) is 24.3 Å². The lowest BCUT2D eigenvalue weighted by molar-refractivity contribution is -0.147. The highest BCUT2D eigenvalue weighted by molar-refractivity contribution is 5.88. The van der Waals surface area contributed by atoms with Gasteiger partial charge in [-0.15, -0.1) is 0 Å². The topological polar surface area (TPSA) is 49.8 Å². The zero-order valence-electron chi connectivity index (χ0n) is 20.8. The summed E-state index contributed by atoms with van der Waals surface area (Å²) in [5, 5.41) is 10.9. The number of rotatable bonds is 6. The standard InChI is InChI=1S/C29H37F2NO3/c1-17-6-10-24(11-7-17)35-26-13-9-20-14-19(8-12-25(20)27(26)28(30)31)18(2)32-22-4-3-5-23(32)16-21(15-22)29(33)34/h8-9,12-14,17-18,21-24,28H,3-7,10-11,15-16H2,1-2H3,(H,33,34). The Morgan fingerprint density at radius 1 is 1.03 bits per heavy atom. The van der Waals surface area contributed by atoms with Gasteiger partial charge >= 0.3 is 5.97 Å². The normalized spacial score (nSPS) is 30.4. The molecule has 0 radical (unpaired) electrons. The summed E-state index contributed by atoms with van der Waals surface area (Å²) in [6, 6.07) is 10.1. The van der Waals surface area contributed by atoms with E-state index >= 15 is 0 Å². The van der Waals surface area contributed by atoms with Crippen LogP contribution < -0.4 is 4.74 Å². The van der Waals surface area contributed by atoms with Gasteiger partial charge in [0.05, 0.1) is 17.6 Å². The van der Waals surface area contributed by atoms with Crippen LogP contribution >= 0.6 is 0 Å². The predicted octanol–water partition coefficient (Wildman–Crippen LogP) is 7.51. The van der Waals surface area contributed by atoms with Crippen molar-refractivity contribution in [1.82, 2.24) is 4.90 Å². The van der Waals surface area contributed by atoms with E-state index in [2.05, 4.69) is 18.7 Å². The number of ether oxygens (including phenoxy) is 1. The Labute approximate surface area is 206 Å². The van der Waals surface area contributed by atoms with Crippen LogP contribution in [0, 0.1) is 11.8 Å². The highest BCUT2D eigenvalue weighted by atomic mass is 19.3. The number of carbonyl (C=O) groups is 1. The van der Waals surface area contributed by atoms with E-state index in [-0.39, 0.29) is 35.7 Å². The number of carboxylic acid groups (broad SMARTS) is 1. The van der Waals surface area contributed by atoms with E-state index in [1.165, 1.54) is 0 Å². The first kappa shape index (κ1) is 24.5. The number of alkyl halides is 2. The first-order valence-electron chi connectivity index (χ1n) is 13.3. The number of aliphatic carboxylic acids is 1. The second-order valence-electron chi connectivity index (χ2n) is 11.1. The maximum absolute atomic E-state index is 14.2. The largest absolute Gasteiger partial charge is 0.490 e. The van der Waals surface area contributed by atoms with Crippen LogP contribution in [0.5, 0.6) is 5.75 Å². The van der Waals surface area contributed by atoms with E-state index in [9.17, 15) is 18.7 Å². The van der Waals surface area contributed by atoms with Crippen molar-refractivity contribution in [3.63, 3.8) is 0 Å². The predicted molar refractivity (Wildman–Crippen MR) is 133 cm³/mol. The van der Waals surface area contributed by atoms with Gasteiger partial charge in [-0.25, -0.2) is 8.78 Å². The minimum atomic E-state index is -2.60. The summed E-state index contributed by atoms with van der Waals surface area (Å²) in [6.45, 7) is 4.40. The Balaban J connectivity index is 1.41. The maximum Gasteiger partial charge on any atom is 0.306 e. The quantitative estimate of drug-likeness (QED) is 0.460. The Morgan fingerprint density at radius 3 is 2.34 bits per heavy atom. The molecule has 4 nitrogen and oxygen atoms in total. The van der Waals surface area contributed by atoms with Gasteiger partial charge in [0.2, 0.25) is 0 Å². The van der Waals surface area contributed by atoms with Gasteiger partial charge in [-0.1, -0.05) is 31.5 Å². The van der Waals surface area contributed by atoms with Gasteiger partial charge in [0.15, 0.2) is 0 Å². The Morgan fingerprint density at radius 2 is 1.71 bits per heavy atom. The molecule has 3 aliphatic rings. The minimum Gasteiger partial charge on any atom is -0.490 e. The van der Waals surface area contributed by atoms with Crippen molar-refractivity contribution >= 4 is 16.7 Å².